The molecular weight excluding hydrogens is 240 g/mol. The van der Waals surface area contributed by atoms with Crippen LogP contribution in [0.3, 0.4) is 0 Å². The zero-order valence-corrected chi connectivity index (χ0v) is 11.1. The van der Waals surface area contributed by atoms with Crippen LogP contribution in [0.2, 0.25) is 0 Å². The van der Waals surface area contributed by atoms with E-state index in [1.54, 1.807) is 11.8 Å². The number of carbonyl (C=O) groups is 2. The number of amides is 2. The first-order chi connectivity index (χ1) is 8.00. The molecule has 0 spiro atoms. The average Bonchev–Trinajstić information content (AvgIpc) is 2.20. The van der Waals surface area contributed by atoms with Gasteiger partial charge in [-0.2, -0.15) is 11.8 Å². The minimum absolute atomic E-state index is 0.375. The van der Waals surface area contributed by atoms with Crippen molar-refractivity contribution in [2.45, 2.75) is 31.7 Å². The van der Waals surface area contributed by atoms with E-state index in [-0.39, 0.29) is 6.03 Å². The lowest BCUT2D eigenvalue weighted by molar-refractivity contribution is -0.148. The summed E-state index contributed by atoms with van der Waals surface area (Å²) in [6, 6.07) is -0.375. The van der Waals surface area contributed by atoms with Crippen LogP contribution in [-0.4, -0.2) is 41.2 Å². The van der Waals surface area contributed by atoms with E-state index in [1.807, 2.05) is 13.2 Å². The van der Waals surface area contributed by atoms with Crippen molar-refractivity contribution in [1.29, 1.82) is 0 Å². The van der Waals surface area contributed by atoms with Crippen LogP contribution in [0.25, 0.3) is 0 Å². The van der Waals surface area contributed by atoms with Gasteiger partial charge in [-0.3, -0.25) is 0 Å². The Morgan fingerprint density at radius 3 is 2.53 bits per heavy atom. The molecule has 0 bridgehead atoms. The van der Waals surface area contributed by atoms with Gasteiger partial charge in [0.25, 0.3) is 0 Å². The highest BCUT2D eigenvalue weighted by atomic mass is 32.2. The van der Waals surface area contributed by atoms with Crippen LogP contribution in [0.15, 0.2) is 0 Å². The third-order valence-electron chi connectivity index (χ3n) is 3.03. The molecule has 3 N–H and O–H groups in total. The Balaban J connectivity index is 2.31. The first kappa shape index (κ1) is 14.2. The molecular formula is C11H20N2O3S. The van der Waals surface area contributed by atoms with Crippen molar-refractivity contribution in [2.75, 3.05) is 18.6 Å². The van der Waals surface area contributed by atoms with Gasteiger partial charge in [-0.1, -0.05) is 6.92 Å². The van der Waals surface area contributed by atoms with E-state index in [4.69, 9.17) is 5.11 Å². The average molecular weight is 260 g/mol. The second-order valence-electron chi connectivity index (χ2n) is 4.64. The summed E-state index contributed by atoms with van der Waals surface area (Å²) < 4.78 is 0. The molecule has 98 valence electrons. The smallest absolute Gasteiger partial charge is 0.329 e. The van der Waals surface area contributed by atoms with E-state index in [2.05, 4.69) is 10.6 Å². The molecule has 2 amide bonds. The second-order valence-corrected chi connectivity index (χ2v) is 5.55. The van der Waals surface area contributed by atoms with Gasteiger partial charge in [-0.05, 0) is 37.2 Å². The predicted octanol–water partition coefficient (Wildman–Crippen LogP) is 1.29. The normalized spacial score (nSPS) is 18.9. The lowest BCUT2D eigenvalue weighted by atomic mass is 9.77. The number of thioether (sulfide) groups is 1. The van der Waals surface area contributed by atoms with Crippen LogP contribution >= 0.6 is 11.8 Å². The predicted molar refractivity (Wildman–Crippen MR) is 68.3 cm³/mol. The van der Waals surface area contributed by atoms with Gasteiger partial charge in [-0.25, -0.2) is 9.59 Å². The van der Waals surface area contributed by atoms with Crippen LogP contribution < -0.4 is 10.6 Å². The molecule has 1 rings (SSSR count). The van der Waals surface area contributed by atoms with Crippen molar-refractivity contribution < 1.29 is 14.7 Å². The monoisotopic (exact) mass is 260 g/mol. The third kappa shape index (κ3) is 3.80. The molecule has 17 heavy (non-hydrogen) atoms. The van der Waals surface area contributed by atoms with Crippen LogP contribution in [0, 0.1) is 5.92 Å². The third-order valence-corrected chi connectivity index (χ3v) is 3.93. The summed E-state index contributed by atoms with van der Waals surface area (Å²) in [7, 11) is 0. The van der Waals surface area contributed by atoms with E-state index in [9.17, 15) is 9.59 Å². The number of carbonyl (C=O) groups excluding carboxylic acids is 1. The maximum Gasteiger partial charge on any atom is 0.329 e. The topological polar surface area (TPSA) is 78.4 Å². The van der Waals surface area contributed by atoms with Crippen molar-refractivity contribution in [2.24, 2.45) is 5.92 Å². The van der Waals surface area contributed by atoms with Gasteiger partial charge in [0.1, 0.15) is 5.54 Å². The molecule has 1 unspecified atom stereocenters. The minimum Gasteiger partial charge on any atom is -0.480 e. The molecule has 5 nitrogen and oxygen atoms in total. The summed E-state index contributed by atoms with van der Waals surface area (Å²) in [6.07, 6.45) is 3.92. The molecule has 0 aliphatic heterocycles. The number of carboxylic acids is 1. The van der Waals surface area contributed by atoms with Crippen molar-refractivity contribution >= 4 is 23.8 Å². The van der Waals surface area contributed by atoms with E-state index in [1.165, 1.54) is 0 Å². The standard InChI is InChI=1S/C11H20N2O3S/c1-8(7-17-2)6-12-10(16)13-11(9(14)15)4-3-5-11/h8H,3-7H2,1-2H3,(H,14,15)(H2,12,13,16). The Kier molecular flexibility index (Phi) is 5.11. The number of nitrogens with one attached hydrogen (secondary N) is 2. The maximum absolute atomic E-state index is 11.6. The molecule has 0 saturated heterocycles. The van der Waals surface area contributed by atoms with E-state index < -0.39 is 11.5 Å². The van der Waals surface area contributed by atoms with Gasteiger partial charge in [0, 0.05) is 6.54 Å². The Bertz CT molecular complexity index is 292. The van der Waals surface area contributed by atoms with Crippen molar-refractivity contribution in [1.82, 2.24) is 10.6 Å². The Morgan fingerprint density at radius 2 is 2.12 bits per heavy atom. The largest absolute Gasteiger partial charge is 0.480 e. The van der Waals surface area contributed by atoms with Crippen molar-refractivity contribution in [3.63, 3.8) is 0 Å². The summed E-state index contributed by atoms with van der Waals surface area (Å²) in [5, 5.41) is 14.3. The maximum atomic E-state index is 11.6. The Labute approximate surface area is 106 Å². The molecule has 1 fully saturated rings. The van der Waals surface area contributed by atoms with Gasteiger partial charge in [0.05, 0.1) is 0 Å². The fourth-order valence-electron chi connectivity index (χ4n) is 1.79. The molecule has 6 heteroatoms. The van der Waals surface area contributed by atoms with Crippen molar-refractivity contribution in [3.05, 3.63) is 0 Å². The SMILES string of the molecule is CSCC(C)CNC(=O)NC1(C(=O)O)CCC1. The first-order valence-electron chi connectivity index (χ1n) is 5.78. The van der Waals surface area contributed by atoms with Crippen LogP contribution in [0.5, 0.6) is 0 Å². The lowest BCUT2D eigenvalue weighted by Gasteiger charge is -2.38. The summed E-state index contributed by atoms with van der Waals surface area (Å²) >= 11 is 1.73. The molecule has 0 aromatic rings. The van der Waals surface area contributed by atoms with Crippen LogP contribution in [0.4, 0.5) is 4.79 Å². The van der Waals surface area contributed by atoms with Crippen molar-refractivity contribution in [3.8, 4) is 0 Å². The molecule has 1 aliphatic carbocycles. The van der Waals surface area contributed by atoms with E-state index in [0.29, 0.717) is 25.3 Å². The fraction of sp³-hybridized carbons (Fsp3) is 0.818. The second kappa shape index (κ2) is 6.14. The number of carboxylic acid groups (broad SMARTS) is 1. The molecule has 1 atom stereocenters. The van der Waals surface area contributed by atoms with E-state index >= 15 is 0 Å². The zero-order valence-electron chi connectivity index (χ0n) is 10.3. The number of rotatable bonds is 6. The number of hydrogen-bond acceptors (Lipinski definition) is 3. The number of hydrogen-bond donors (Lipinski definition) is 3. The molecule has 0 heterocycles. The Morgan fingerprint density at radius 1 is 1.47 bits per heavy atom. The zero-order chi connectivity index (χ0) is 12.9. The molecule has 0 radical (unpaired) electrons. The summed E-state index contributed by atoms with van der Waals surface area (Å²) in [4.78, 5) is 22.6. The number of aliphatic carboxylic acids is 1. The summed E-state index contributed by atoms with van der Waals surface area (Å²) in [6.45, 7) is 2.62. The van der Waals surface area contributed by atoms with Crippen LogP contribution in [-0.2, 0) is 4.79 Å². The van der Waals surface area contributed by atoms with Gasteiger partial charge < -0.3 is 15.7 Å². The van der Waals surface area contributed by atoms with E-state index in [0.717, 1.165) is 12.2 Å². The highest BCUT2D eigenvalue weighted by molar-refractivity contribution is 7.98. The first-order valence-corrected chi connectivity index (χ1v) is 7.18. The highest BCUT2D eigenvalue weighted by Crippen LogP contribution is 2.31. The summed E-state index contributed by atoms with van der Waals surface area (Å²) in [5.41, 5.74) is -1.02. The van der Waals surface area contributed by atoms with Gasteiger partial charge in [0.2, 0.25) is 0 Å². The van der Waals surface area contributed by atoms with Gasteiger partial charge in [0.15, 0.2) is 0 Å². The minimum atomic E-state index is -1.02. The molecule has 0 aromatic heterocycles. The highest BCUT2D eigenvalue weighted by Gasteiger charge is 2.45. The lowest BCUT2D eigenvalue weighted by Crippen LogP contribution is -2.61. The Hall–Kier alpha value is -0.910. The fourth-order valence-corrected chi connectivity index (χ4v) is 2.48. The number of urea groups is 1. The molecule has 1 aliphatic rings. The molecule has 1 saturated carbocycles. The molecule has 0 aromatic carbocycles. The quantitative estimate of drug-likeness (QED) is 0.672. The van der Waals surface area contributed by atoms with Crippen LogP contribution in [0.1, 0.15) is 26.2 Å². The summed E-state index contributed by atoms with van der Waals surface area (Å²) in [5.74, 6) is 0.429. The van der Waals surface area contributed by atoms with Gasteiger partial charge in [-0.15, -0.1) is 0 Å². The van der Waals surface area contributed by atoms with Gasteiger partial charge >= 0.3 is 12.0 Å².